The average molecular weight is 551 g/mol. The van der Waals surface area contributed by atoms with Gasteiger partial charge in [0.1, 0.15) is 18.0 Å². The van der Waals surface area contributed by atoms with E-state index < -0.39 is 12.3 Å². The number of fused-ring (bicyclic) bond motifs is 1. The van der Waals surface area contributed by atoms with Crippen molar-refractivity contribution in [2.75, 3.05) is 12.4 Å². The average Bonchev–Trinajstić information content (AvgIpc) is 3.35. The molecule has 1 aliphatic rings. The van der Waals surface area contributed by atoms with Gasteiger partial charge < -0.3 is 20.1 Å². The van der Waals surface area contributed by atoms with E-state index in [-0.39, 0.29) is 11.1 Å². The number of hydrogen-bond donors (Lipinski definition) is 2. The van der Waals surface area contributed by atoms with E-state index in [4.69, 9.17) is 27.9 Å². The Hall–Kier alpha value is -3.92. The second-order valence-electron chi connectivity index (χ2n) is 8.61. The number of anilines is 1. The summed E-state index contributed by atoms with van der Waals surface area (Å²) in [5.74, 6) is 0.164. The number of nitrogens with zero attached hydrogens (tertiary/aromatic N) is 5. The molecular weight excluding hydrogens is 527 g/mol. The van der Waals surface area contributed by atoms with Crippen LogP contribution in [0, 0.1) is 0 Å². The molecule has 9 nitrogen and oxygen atoms in total. The number of benzene rings is 2. The Balaban J connectivity index is 1.44. The van der Waals surface area contributed by atoms with Crippen LogP contribution in [-0.2, 0) is 9.53 Å². The lowest BCUT2D eigenvalue weighted by Crippen LogP contribution is -2.47. The minimum absolute atomic E-state index is 0.233. The van der Waals surface area contributed by atoms with Crippen molar-refractivity contribution < 1.29 is 14.6 Å². The normalized spacial score (nSPS) is 16.1. The standard InChI is InChI=1S/C27H24Cl2N6O3/c1-3-22(27(37)31-18-8-6-16-5-4-10-30-21(16)12-18)34-14-24(38-2)20(13-26(34)36)19-11-17(28)7-9-23(19)35-15-25(29)32-33-35/h4-15,22,26,36H,3H2,1-2H3,(H,31,37). The highest BCUT2D eigenvalue weighted by Gasteiger charge is 2.32. The monoisotopic (exact) mass is 550 g/mol. The number of ether oxygens (including phenoxy) is 1. The summed E-state index contributed by atoms with van der Waals surface area (Å²) >= 11 is 12.3. The first-order valence-electron chi connectivity index (χ1n) is 11.8. The van der Waals surface area contributed by atoms with Crippen molar-refractivity contribution in [2.45, 2.75) is 25.6 Å². The number of aromatic nitrogens is 4. The van der Waals surface area contributed by atoms with Crippen LogP contribution >= 0.6 is 23.2 Å². The first-order chi connectivity index (χ1) is 18.4. The number of allylic oxidation sites excluding steroid dienone is 1. The molecule has 0 aliphatic carbocycles. The van der Waals surface area contributed by atoms with E-state index in [9.17, 15) is 9.90 Å². The second-order valence-corrected chi connectivity index (χ2v) is 9.43. The quantitative estimate of drug-likeness (QED) is 0.332. The number of methoxy groups -OCH3 is 1. The third-order valence-corrected chi connectivity index (χ3v) is 6.66. The van der Waals surface area contributed by atoms with Gasteiger partial charge in [-0.05, 0) is 48.9 Å². The van der Waals surface area contributed by atoms with Gasteiger partial charge in [0.25, 0.3) is 0 Å². The van der Waals surface area contributed by atoms with E-state index in [1.165, 1.54) is 11.8 Å². The summed E-state index contributed by atoms with van der Waals surface area (Å²) in [5, 5.41) is 23.7. The van der Waals surface area contributed by atoms with E-state index in [0.717, 1.165) is 10.9 Å². The number of rotatable bonds is 7. The predicted octanol–water partition coefficient (Wildman–Crippen LogP) is 5.04. The van der Waals surface area contributed by atoms with Gasteiger partial charge in [0, 0.05) is 39.6 Å². The van der Waals surface area contributed by atoms with Crippen LogP contribution in [-0.4, -0.2) is 55.3 Å². The fraction of sp³-hybridized carbons (Fsp3) is 0.185. The largest absolute Gasteiger partial charge is 0.495 e. The summed E-state index contributed by atoms with van der Waals surface area (Å²) in [7, 11) is 1.52. The van der Waals surface area contributed by atoms with Gasteiger partial charge in [-0.15, -0.1) is 5.10 Å². The van der Waals surface area contributed by atoms with Crippen LogP contribution in [0.5, 0.6) is 0 Å². The minimum Gasteiger partial charge on any atom is -0.495 e. The SMILES string of the molecule is CCC(C(=O)Nc1ccc2cccnc2c1)N1C=C(OC)C(c2cc(Cl)ccc2-n2cc(Cl)nn2)=CC1O. The minimum atomic E-state index is -1.12. The number of carbonyl (C=O) groups is 1. The molecule has 0 bridgehead atoms. The topological polar surface area (TPSA) is 105 Å². The molecule has 194 valence electrons. The third kappa shape index (κ3) is 5.08. The molecule has 0 saturated heterocycles. The fourth-order valence-electron chi connectivity index (χ4n) is 4.44. The number of amides is 1. The molecule has 2 N–H and O–H groups in total. The smallest absolute Gasteiger partial charge is 0.247 e. The number of hydrogen-bond acceptors (Lipinski definition) is 7. The Morgan fingerprint density at radius 3 is 2.79 bits per heavy atom. The Morgan fingerprint density at radius 2 is 2.05 bits per heavy atom. The summed E-state index contributed by atoms with van der Waals surface area (Å²) in [6.07, 6.45) is 5.83. The number of halogens is 2. The van der Waals surface area contributed by atoms with E-state index in [2.05, 4.69) is 20.6 Å². The van der Waals surface area contributed by atoms with Crippen molar-refractivity contribution in [1.29, 1.82) is 0 Å². The lowest BCUT2D eigenvalue weighted by atomic mass is 9.98. The molecule has 3 heterocycles. The fourth-order valence-corrected chi connectivity index (χ4v) is 4.74. The number of pyridine rings is 1. The number of aliphatic hydroxyl groups is 1. The lowest BCUT2D eigenvalue weighted by Gasteiger charge is -2.36. The molecule has 38 heavy (non-hydrogen) atoms. The second kappa shape index (κ2) is 10.8. The van der Waals surface area contributed by atoms with Crippen LogP contribution in [0.3, 0.4) is 0 Å². The Morgan fingerprint density at radius 1 is 1.21 bits per heavy atom. The van der Waals surface area contributed by atoms with Crippen LogP contribution in [0.4, 0.5) is 5.69 Å². The van der Waals surface area contributed by atoms with Crippen molar-refractivity contribution in [2.24, 2.45) is 0 Å². The highest BCUT2D eigenvalue weighted by Crippen LogP contribution is 2.35. The van der Waals surface area contributed by atoms with Gasteiger partial charge in [-0.25, -0.2) is 4.68 Å². The molecule has 2 aromatic heterocycles. The van der Waals surface area contributed by atoms with Crippen molar-refractivity contribution in [3.63, 3.8) is 0 Å². The molecule has 0 fully saturated rings. The van der Waals surface area contributed by atoms with Crippen LogP contribution in [0.1, 0.15) is 18.9 Å². The molecule has 0 saturated carbocycles. The van der Waals surface area contributed by atoms with Crippen molar-refractivity contribution in [3.05, 3.63) is 94.7 Å². The Kier molecular flexibility index (Phi) is 7.33. The molecule has 1 aliphatic heterocycles. The summed E-state index contributed by atoms with van der Waals surface area (Å²) in [6, 6.07) is 13.9. The van der Waals surface area contributed by atoms with E-state index in [1.807, 2.05) is 37.3 Å². The maximum atomic E-state index is 13.3. The van der Waals surface area contributed by atoms with Gasteiger partial charge in [-0.1, -0.05) is 47.5 Å². The van der Waals surface area contributed by atoms with Crippen molar-refractivity contribution in [3.8, 4) is 5.69 Å². The van der Waals surface area contributed by atoms with Gasteiger partial charge in [-0.2, -0.15) is 0 Å². The predicted molar refractivity (Wildman–Crippen MR) is 147 cm³/mol. The van der Waals surface area contributed by atoms with Gasteiger partial charge in [-0.3, -0.25) is 9.78 Å². The van der Waals surface area contributed by atoms with Crippen LogP contribution in [0.2, 0.25) is 10.2 Å². The van der Waals surface area contributed by atoms with Gasteiger partial charge in [0.15, 0.2) is 5.15 Å². The van der Waals surface area contributed by atoms with E-state index in [0.29, 0.717) is 39.7 Å². The number of aliphatic hydroxyl groups excluding tert-OH is 1. The van der Waals surface area contributed by atoms with Crippen LogP contribution < -0.4 is 5.32 Å². The first-order valence-corrected chi connectivity index (χ1v) is 12.6. The Labute approximate surface area is 228 Å². The molecule has 2 atom stereocenters. The summed E-state index contributed by atoms with van der Waals surface area (Å²) in [6.45, 7) is 1.88. The maximum absolute atomic E-state index is 13.3. The Bertz CT molecular complexity index is 1570. The zero-order valence-corrected chi connectivity index (χ0v) is 22.1. The number of nitrogens with one attached hydrogen (secondary N) is 1. The number of carbonyl (C=O) groups excluding carboxylic acids is 1. The molecule has 5 rings (SSSR count). The summed E-state index contributed by atoms with van der Waals surface area (Å²) < 4.78 is 7.21. The lowest BCUT2D eigenvalue weighted by molar-refractivity contribution is -0.123. The zero-order chi connectivity index (χ0) is 26.8. The maximum Gasteiger partial charge on any atom is 0.247 e. The van der Waals surface area contributed by atoms with Gasteiger partial charge in [0.05, 0.1) is 24.5 Å². The molecule has 2 aromatic carbocycles. The molecule has 0 radical (unpaired) electrons. The van der Waals surface area contributed by atoms with Crippen molar-refractivity contribution >= 4 is 51.3 Å². The van der Waals surface area contributed by atoms with E-state index >= 15 is 0 Å². The highest BCUT2D eigenvalue weighted by atomic mass is 35.5. The molecule has 1 amide bonds. The molecular formula is C27H24Cl2N6O3. The molecule has 2 unspecified atom stereocenters. The summed E-state index contributed by atoms with van der Waals surface area (Å²) in [5.41, 5.74) is 3.26. The van der Waals surface area contributed by atoms with Crippen molar-refractivity contribution in [1.82, 2.24) is 24.9 Å². The van der Waals surface area contributed by atoms with Gasteiger partial charge >= 0.3 is 0 Å². The highest BCUT2D eigenvalue weighted by molar-refractivity contribution is 6.31. The molecule has 4 aromatic rings. The first kappa shape index (κ1) is 25.7. The molecule has 0 spiro atoms. The van der Waals surface area contributed by atoms with Crippen LogP contribution in [0.15, 0.2) is 79.0 Å². The summed E-state index contributed by atoms with van der Waals surface area (Å²) in [4.78, 5) is 19.2. The third-order valence-electron chi connectivity index (χ3n) is 6.26. The van der Waals surface area contributed by atoms with E-state index in [1.54, 1.807) is 47.8 Å². The van der Waals surface area contributed by atoms with Crippen LogP contribution in [0.25, 0.3) is 22.2 Å². The van der Waals surface area contributed by atoms with Gasteiger partial charge in [0.2, 0.25) is 5.91 Å². The zero-order valence-electron chi connectivity index (χ0n) is 20.5. The molecule has 11 heteroatoms.